The zero-order chi connectivity index (χ0) is 13.4. The summed E-state index contributed by atoms with van der Waals surface area (Å²) < 4.78 is 4.69. The molecule has 0 aromatic rings. The van der Waals surface area contributed by atoms with E-state index in [0.717, 1.165) is 12.8 Å². The number of nitrogens with one attached hydrogen (secondary N) is 1. The van der Waals surface area contributed by atoms with Gasteiger partial charge in [-0.2, -0.15) is 0 Å². The predicted molar refractivity (Wildman–Crippen MR) is 68.7 cm³/mol. The summed E-state index contributed by atoms with van der Waals surface area (Å²) >= 11 is 0. The van der Waals surface area contributed by atoms with Crippen LogP contribution < -0.4 is 5.32 Å². The Hall–Kier alpha value is -0.610. The Bertz CT molecular complexity index is 217. The minimum absolute atomic E-state index is 0.00598. The van der Waals surface area contributed by atoms with Crippen molar-refractivity contribution in [3.63, 3.8) is 0 Å². The fourth-order valence-corrected chi connectivity index (χ4v) is 1.87. The van der Waals surface area contributed by atoms with Gasteiger partial charge in [-0.3, -0.25) is 4.79 Å². The van der Waals surface area contributed by atoms with E-state index >= 15 is 0 Å². The highest BCUT2D eigenvalue weighted by molar-refractivity contribution is 5.72. The second kappa shape index (κ2) is 8.48. The van der Waals surface area contributed by atoms with Gasteiger partial charge in [0.15, 0.2) is 0 Å². The summed E-state index contributed by atoms with van der Waals surface area (Å²) in [4.78, 5) is 11.3. The van der Waals surface area contributed by atoms with E-state index in [-0.39, 0.29) is 24.0 Å². The molecule has 0 aliphatic carbocycles. The summed E-state index contributed by atoms with van der Waals surface area (Å²) in [5.41, 5.74) is 0. The molecule has 0 radical (unpaired) electrons. The van der Waals surface area contributed by atoms with E-state index in [1.54, 1.807) is 0 Å². The highest BCUT2D eigenvalue weighted by Gasteiger charge is 2.22. The van der Waals surface area contributed by atoms with Crippen molar-refractivity contribution < 1.29 is 14.6 Å². The number of esters is 1. The monoisotopic (exact) mass is 245 g/mol. The molecule has 0 spiro atoms. The van der Waals surface area contributed by atoms with Gasteiger partial charge in [0.2, 0.25) is 0 Å². The number of ether oxygens (including phenoxy) is 1. The molecule has 0 amide bonds. The molecule has 0 saturated heterocycles. The summed E-state index contributed by atoms with van der Waals surface area (Å²) in [6.07, 6.45) is 1.60. The van der Waals surface area contributed by atoms with Gasteiger partial charge in [0.25, 0.3) is 0 Å². The van der Waals surface area contributed by atoms with Crippen molar-refractivity contribution in [1.82, 2.24) is 5.32 Å². The number of aliphatic hydroxyl groups is 1. The first-order chi connectivity index (χ1) is 7.97. The molecule has 0 saturated carbocycles. The summed E-state index contributed by atoms with van der Waals surface area (Å²) in [6, 6.07) is 0.00598. The Morgan fingerprint density at radius 3 is 2.24 bits per heavy atom. The van der Waals surface area contributed by atoms with Crippen LogP contribution in [0.2, 0.25) is 0 Å². The highest BCUT2D eigenvalue weighted by Crippen LogP contribution is 2.13. The van der Waals surface area contributed by atoms with Crippen molar-refractivity contribution in [3.8, 4) is 0 Å². The second-order valence-electron chi connectivity index (χ2n) is 4.65. The lowest BCUT2D eigenvalue weighted by molar-refractivity contribution is -0.145. The van der Waals surface area contributed by atoms with Crippen LogP contribution in [-0.4, -0.2) is 36.9 Å². The average molecular weight is 245 g/mol. The second-order valence-corrected chi connectivity index (χ2v) is 4.65. The van der Waals surface area contributed by atoms with Crippen LogP contribution >= 0.6 is 0 Å². The molecule has 0 aliphatic heterocycles. The van der Waals surface area contributed by atoms with Crippen LogP contribution in [0.3, 0.4) is 0 Å². The fraction of sp³-hybridized carbons (Fsp3) is 0.923. The minimum atomic E-state index is -0.350. The normalized spacial score (nSPS) is 16.6. The Labute approximate surface area is 105 Å². The number of methoxy groups -OCH3 is 1. The van der Waals surface area contributed by atoms with E-state index in [1.165, 1.54) is 7.11 Å². The van der Waals surface area contributed by atoms with Gasteiger partial charge >= 0.3 is 5.97 Å². The van der Waals surface area contributed by atoms with E-state index in [1.807, 2.05) is 13.8 Å². The van der Waals surface area contributed by atoms with Gasteiger partial charge in [0, 0.05) is 12.6 Å². The smallest absolute Gasteiger partial charge is 0.309 e. The zero-order valence-corrected chi connectivity index (χ0v) is 11.7. The van der Waals surface area contributed by atoms with E-state index in [9.17, 15) is 9.90 Å². The molecule has 0 heterocycles. The Kier molecular flexibility index (Phi) is 8.17. The van der Waals surface area contributed by atoms with Crippen molar-refractivity contribution >= 4 is 5.97 Å². The van der Waals surface area contributed by atoms with E-state index in [4.69, 9.17) is 0 Å². The van der Waals surface area contributed by atoms with Gasteiger partial charge in [0.1, 0.15) is 0 Å². The molecule has 0 aromatic carbocycles. The van der Waals surface area contributed by atoms with Crippen LogP contribution in [0.1, 0.15) is 40.5 Å². The summed E-state index contributed by atoms with van der Waals surface area (Å²) in [5, 5.41) is 13.2. The zero-order valence-electron chi connectivity index (χ0n) is 11.7. The Morgan fingerprint density at radius 2 is 1.82 bits per heavy atom. The van der Waals surface area contributed by atoms with Crippen molar-refractivity contribution in [2.45, 2.75) is 52.7 Å². The predicted octanol–water partition coefficient (Wildman–Crippen LogP) is 1.57. The first-order valence-corrected chi connectivity index (χ1v) is 6.47. The molecule has 3 unspecified atom stereocenters. The van der Waals surface area contributed by atoms with Gasteiger partial charge in [-0.1, -0.05) is 33.6 Å². The summed E-state index contributed by atoms with van der Waals surface area (Å²) in [7, 11) is 1.39. The lowest BCUT2D eigenvalue weighted by Crippen LogP contribution is -2.42. The number of hydrogen-bond acceptors (Lipinski definition) is 4. The summed E-state index contributed by atoms with van der Waals surface area (Å²) in [5.74, 6) is -0.0981. The fourth-order valence-electron chi connectivity index (χ4n) is 1.87. The number of rotatable bonds is 8. The Balaban J connectivity index is 4.06. The third kappa shape index (κ3) is 5.50. The number of carbonyl (C=O) groups is 1. The van der Waals surface area contributed by atoms with Crippen LogP contribution in [0, 0.1) is 11.8 Å². The first kappa shape index (κ1) is 16.4. The van der Waals surface area contributed by atoms with Crippen molar-refractivity contribution in [1.29, 1.82) is 0 Å². The topological polar surface area (TPSA) is 58.6 Å². The van der Waals surface area contributed by atoms with Crippen molar-refractivity contribution in [3.05, 3.63) is 0 Å². The third-order valence-electron chi connectivity index (χ3n) is 3.56. The number of hydrogen-bond donors (Lipinski definition) is 2. The van der Waals surface area contributed by atoms with Crippen LogP contribution in [0.5, 0.6) is 0 Å². The van der Waals surface area contributed by atoms with Gasteiger partial charge in [-0.25, -0.2) is 0 Å². The van der Waals surface area contributed by atoms with Gasteiger partial charge < -0.3 is 15.2 Å². The molecule has 102 valence electrons. The lowest BCUT2D eigenvalue weighted by atomic mass is 9.96. The third-order valence-corrected chi connectivity index (χ3v) is 3.56. The maximum atomic E-state index is 11.3. The molecule has 0 aromatic heterocycles. The van der Waals surface area contributed by atoms with Crippen LogP contribution in [0.25, 0.3) is 0 Å². The average Bonchev–Trinajstić information content (AvgIpc) is 2.35. The van der Waals surface area contributed by atoms with E-state index < -0.39 is 0 Å². The van der Waals surface area contributed by atoms with E-state index in [2.05, 4.69) is 23.9 Å². The number of aliphatic hydroxyl groups excluding tert-OH is 1. The number of carbonyl (C=O) groups excluding carboxylic acids is 1. The van der Waals surface area contributed by atoms with Crippen molar-refractivity contribution in [2.24, 2.45) is 11.8 Å². The molecule has 17 heavy (non-hydrogen) atoms. The lowest BCUT2D eigenvalue weighted by Gasteiger charge is -2.24. The SMILES string of the molecule is CCC(CC)C(O)CNC(C)C(C)C(=O)OC. The largest absolute Gasteiger partial charge is 0.469 e. The van der Waals surface area contributed by atoms with Crippen molar-refractivity contribution in [2.75, 3.05) is 13.7 Å². The maximum absolute atomic E-state index is 11.3. The molecule has 0 aliphatic rings. The van der Waals surface area contributed by atoms with Crippen LogP contribution in [0.4, 0.5) is 0 Å². The quantitative estimate of drug-likeness (QED) is 0.637. The molecule has 0 bridgehead atoms. The Morgan fingerprint density at radius 1 is 1.29 bits per heavy atom. The molecule has 0 rings (SSSR count). The molecule has 2 N–H and O–H groups in total. The molecular formula is C13H27NO3. The summed E-state index contributed by atoms with van der Waals surface area (Å²) in [6.45, 7) is 8.44. The van der Waals surface area contributed by atoms with Crippen LogP contribution in [0.15, 0.2) is 0 Å². The molecule has 4 nitrogen and oxygen atoms in total. The molecule has 3 atom stereocenters. The van der Waals surface area contributed by atoms with Gasteiger partial charge in [0.05, 0.1) is 19.1 Å². The van der Waals surface area contributed by atoms with Crippen LogP contribution in [-0.2, 0) is 9.53 Å². The molecule has 4 heteroatoms. The minimum Gasteiger partial charge on any atom is -0.469 e. The standard InChI is InChI=1S/C13H27NO3/c1-6-11(7-2)12(15)8-14-10(4)9(3)13(16)17-5/h9-12,14-15H,6-8H2,1-5H3. The van der Waals surface area contributed by atoms with Gasteiger partial charge in [-0.05, 0) is 12.8 Å². The van der Waals surface area contributed by atoms with E-state index in [0.29, 0.717) is 12.5 Å². The van der Waals surface area contributed by atoms with Gasteiger partial charge in [-0.15, -0.1) is 0 Å². The first-order valence-electron chi connectivity index (χ1n) is 6.47. The highest BCUT2D eigenvalue weighted by atomic mass is 16.5. The molecule has 0 fully saturated rings. The maximum Gasteiger partial charge on any atom is 0.309 e. The molecular weight excluding hydrogens is 218 g/mol.